The van der Waals surface area contributed by atoms with Gasteiger partial charge in [0, 0.05) is 32.2 Å². The highest BCUT2D eigenvalue weighted by atomic mass is 16.5. The van der Waals surface area contributed by atoms with Crippen molar-refractivity contribution in [3.05, 3.63) is 65.5 Å². The second-order valence-corrected chi connectivity index (χ2v) is 6.39. The fraction of sp³-hybridized carbons (Fsp3) is 0.333. The first-order valence-corrected chi connectivity index (χ1v) is 8.97. The molecule has 0 aliphatic heterocycles. The Hall–Kier alpha value is -2.66. The van der Waals surface area contributed by atoms with E-state index in [9.17, 15) is 4.79 Å². The van der Waals surface area contributed by atoms with Gasteiger partial charge >= 0.3 is 0 Å². The molecule has 0 aliphatic carbocycles. The van der Waals surface area contributed by atoms with Gasteiger partial charge in [-0.1, -0.05) is 29.8 Å². The molecule has 0 atom stereocenters. The number of carbonyl (C=O) groups excluding carboxylic acids is 1. The van der Waals surface area contributed by atoms with Crippen LogP contribution in [-0.4, -0.2) is 35.7 Å². The molecule has 136 valence electrons. The normalized spacial score (nSPS) is 11.0. The van der Waals surface area contributed by atoms with E-state index >= 15 is 0 Å². The van der Waals surface area contributed by atoms with E-state index in [0.717, 1.165) is 41.8 Å². The van der Waals surface area contributed by atoms with E-state index in [-0.39, 0.29) is 5.91 Å². The first-order chi connectivity index (χ1) is 12.7. The van der Waals surface area contributed by atoms with Gasteiger partial charge in [0.25, 0.3) is 5.91 Å². The summed E-state index contributed by atoms with van der Waals surface area (Å²) >= 11 is 0. The smallest absolute Gasteiger partial charge is 0.251 e. The number of para-hydroxylation sites is 2. The van der Waals surface area contributed by atoms with Crippen molar-refractivity contribution in [2.24, 2.45) is 0 Å². The molecule has 0 saturated heterocycles. The summed E-state index contributed by atoms with van der Waals surface area (Å²) in [5, 5.41) is 2.99. The van der Waals surface area contributed by atoms with Crippen molar-refractivity contribution in [1.29, 1.82) is 0 Å². The van der Waals surface area contributed by atoms with Gasteiger partial charge in [-0.05, 0) is 37.6 Å². The van der Waals surface area contributed by atoms with E-state index in [1.807, 2.05) is 49.4 Å². The van der Waals surface area contributed by atoms with Crippen LogP contribution in [-0.2, 0) is 17.7 Å². The minimum Gasteiger partial charge on any atom is -0.383 e. The Bertz CT molecular complexity index is 886. The number of methoxy groups -OCH3 is 1. The number of aryl methyl sites for hydroxylation is 2. The summed E-state index contributed by atoms with van der Waals surface area (Å²) in [4.78, 5) is 17.0. The minimum absolute atomic E-state index is 0.0263. The predicted octanol–water partition coefficient (Wildman–Crippen LogP) is 3.35. The molecule has 0 saturated carbocycles. The number of imidazole rings is 1. The maximum atomic E-state index is 12.2. The fourth-order valence-electron chi connectivity index (χ4n) is 3.09. The number of ether oxygens (including phenoxy) is 1. The molecule has 3 aromatic rings. The standard InChI is InChI=1S/C21H25N3O2/c1-16-7-5-8-17(15-16)21(25)22-12-6-11-20-23-18-9-3-4-10-19(18)24(20)13-14-26-2/h3-5,7-10,15H,6,11-14H2,1-2H3,(H,22,25). The third-order valence-electron chi connectivity index (χ3n) is 4.40. The van der Waals surface area contributed by atoms with Gasteiger partial charge in [0.05, 0.1) is 17.6 Å². The first kappa shape index (κ1) is 18.1. The highest BCUT2D eigenvalue weighted by Gasteiger charge is 2.10. The number of benzene rings is 2. The molecule has 1 aromatic heterocycles. The Kier molecular flexibility index (Phi) is 6.02. The molecular formula is C21H25N3O2. The zero-order valence-corrected chi connectivity index (χ0v) is 15.4. The molecule has 3 rings (SSSR count). The number of rotatable bonds is 8. The van der Waals surface area contributed by atoms with Crippen molar-refractivity contribution in [3.8, 4) is 0 Å². The summed E-state index contributed by atoms with van der Waals surface area (Å²) in [7, 11) is 1.71. The van der Waals surface area contributed by atoms with Gasteiger partial charge in [-0.15, -0.1) is 0 Å². The van der Waals surface area contributed by atoms with Crippen molar-refractivity contribution >= 4 is 16.9 Å². The second-order valence-electron chi connectivity index (χ2n) is 6.39. The van der Waals surface area contributed by atoms with E-state index in [0.29, 0.717) is 18.7 Å². The number of carbonyl (C=O) groups is 1. The number of hydrogen-bond acceptors (Lipinski definition) is 3. The third-order valence-corrected chi connectivity index (χ3v) is 4.40. The summed E-state index contributed by atoms with van der Waals surface area (Å²) in [6, 6.07) is 15.8. The van der Waals surface area contributed by atoms with Crippen LogP contribution in [0.25, 0.3) is 11.0 Å². The monoisotopic (exact) mass is 351 g/mol. The number of nitrogens with one attached hydrogen (secondary N) is 1. The molecule has 5 heteroatoms. The lowest BCUT2D eigenvalue weighted by molar-refractivity contribution is 0.0953. The van der Waals surface area contributed by atoms with Crippen LogP contribution >= 0.6 is 0 Å². The van der Waals surface area contributed by atoms with E-state index in [1.54, 1.807) is 7.11 Å². The van der Waals surface area contributed by atoms with Crippen LogP contribution in [0, 0.1) is 6.92 Å². The zero-order chi connectivity index (χ0) is 18.4. The molecule has 0 unspecified atom stereocenters. The van der Waals surface area contributed by atoms with E-state index in [2.05, 4.69) is 16.0 Å². The SMILES string of the molecule is COCCn1c(CCCNC(=O)c2cccc(C)c2)nc2ccccc21. The van der Waals surface area contributed by atoms with Gasteiger partial charge in [-0.3, -0.25) is 4.79 Å². The molecule has 0 fully saturated rings. The second kappa shape index (κ2) is 8.63. The lowest BCUT2D eigenvalue weighted by atomic mass is 10.1. The first-order valence-electron chi connectivity index (χ1n) is 8.97. The number of nitrogens with zero attached hydrogens (tertiary/aromatic N) is 2. The Morgan fingerprint density at radius 2 is 2.04 bits per heavy atom. The molecule has 26 heavy (non-hydrogen) atoms. The number of fused-ring (bicyclic) bond motifs is 1. The fourth-order valence-corrected chi connectivity index (χ4v) is 3.09. The van der Waals surface area contributed by atoms with Gasteiger partial charge in [0.15, 0.2) is 0 Å². The molecule has 0 spiro atoms. The summed E-state index contributed by atoms with van der Waals surface area (Å²) in [6.07, 6.45) is 1.65. The predicted molar refractivity (Wildman–Crippen MR) is 103 cm³/mol. The maximum Gasteiger partial charge on any atom is 0.251 e. The largest absolute Gasteiger partial charge is 0.383 e. The Morgan fingerprint density at radius 3 is 2.85 bits per heavy atom. The maximum absolute atomic E-state index is 12.2. The molecule has 1 N–H and O–H groups in total. The Labute approximate surface area is 154 Å². The quantitative estimate of drug-likeness (QED) is 0.633. The van der Waals surface area contributed by atoms with E-state index < -0.39 is 0 Å². The molecule has 5 nitrogen and oxygen atoms in total. The topological polar surface area (TPSA) is 56.1 Å². The van der Waals surface area contributed by atoms with Crippen molar-refractivity contribution < 1.29 is 9.53 Å². The molecule has 0 radical (unpaired) electrons. The van der Waals surface area contributed by atoms with Crippen molar-refractivity contribution in [2.45, 2.75) is 26.3 Å². The van der Waals surface area contributed by atoms with E-state index in [4.69, 9.17) is 9.72 Å². The van der Waals surface area contributed by atoms with Crippen molar-refractivity contribution in [2.75, 3.05) is 20.3 Å². The lowest BCUT2D eigenvalue weighted by Gasteiger charge is -2.09. The summed E-state index contributed by atoms with van der Waals surface area (Å²) < 4.78 is 7.44. The molecule has 1 amide bonds. The van der Waals surface area contributed by atoms with Crippen LogP contribution in [0.1, 0.15) is 28.2 Å². The molecule has 2 aromatic carbocycles. The van der Waals surface area contributed by atoms with Crippen LogP contribution in [0.5, 0.6) is 0 Å². The van der Waals surface area contributed by atoms with Gasteiger partial charge in [-0.25, -0.2) is 4.98 Å². The highest BCUT2D eigenvalue weighted by molar-refractivity contribution is 5.94. The van der Waals surface area contributed by atoms with Crippen LogP contribution in [0.15, 0.2) is 48.5 Å². The average molecular weight is 351 g/mol. The molecule has 0 aliphatic rings. The van der Waals surface area contributed by atoms with Gasteiger partial charge in [0.2, 0.25) is 0 Å². The van der Waals surface area contributed by atoms with Gasteiger partial charge in [0.1, 0.15) is 5.82 Å². The van der Waals surface area contributed by atoms with Gasteiger partial charge in [-0.2, -0.15) is 0 Å². The van der Waals surface area contributed by atoms with Crippen molar-refractivity contribution in [1.82, 2.24) is 14.9 Å². The highest BCUT2D eigenvalue weighted by Crippen LogP contribution is 2.17. The Morgan fingerprint density at radius 1 is 1.19 bits per heavy atom. The number of hydrogen-bond donors (Lipinski definition) is 1. The third kappa shape index (κ3) is 4.29. The Balaban J connectivity index is 1.60. The number of aromatic nitrogens is 2. The minimum atomic E-state index is -0.0263. The summed E-state index contributed by atoms with van der Waals surface area (Å²) in [5.41, 5.74) is 3.92. The average Bonchev–Trinajstić information content (AvgIpc) is 3.00. The summed E-state index contributed by atoms with van der Waals surface area (Å²) in [5.74, 6) is 1.01. The molecule has 1 heterocycles. The summed E-state index contributed by atoms with van der Waals surface area (Å²) in [6.45, 7) is 4.04. The zero-order valence-electron chi connectivity index (χ0n) is 15.4. The van der Waals surface area contributed by atoms with Crippen LogP contribution < -0.4 is 5.32 Å². The van der Waals surface area contributed by atoms with Crippen molar-refractivity contribution in [3.63, 3.8) is 0 Å². The van der Waals surface area contributed by atoms with E-state index in [1.165, 1.54) is 0 Å². The lowest BCUT2D eigenvalue weighted by Crippen LogP contribution is -2.25. The van der Waals surface area contributed by atoms with Crippen LogP contribution in [0.3, 0.4) is 0 Å². The van der Waals surface area contributed by atoms with Crippen LogP contribution in [0.4, 0.5) is 0 Å². The molecule has 0 bridgehead atoms. The van der Waals surface area contributed by atoms with Gasteiger partial charge < -0.3 is 14.6 Å². The van der Waals surface area contributed by atoms with Crippen LogP contribution in [0.2, 0.25) is 0 Å². The number of amides is 1. The molecular weight excluding hydrogens is 326 g/mol.